The Labute approximate surface area is 113 Å². The van der Waals surface area contributed by atoms with Gasteiger partial charge in [-0.05, 0) is 24.5 Å². The molecule has 0 aromatic heterocycles. The lowest BCUT2D eigenvalue weighted by Gasteiger charge is -2.19. The van der Waals surface area contributed by atoms with Crippen molar-refractivity contribution in [3.05, 3.63) is 29.8 Å². The van der Waals surface area contributed by atoms with Crippen molar-refractivity contribution in [3.63, 3.8) is 0 Å². The first-order valence-electron chi connectivity index (χ1n) is 6.20. The Hall–Kier alpha value is -1.56. The minimum absolute atomic E-state index is 0.0313. The average Bonchev–Trinajstić information content (AvgIpc) is 2.82. The summed E-state index contributed by atoms with van der Waals surface area (Å²) < 4.78 is 30.4. The van der Waals surface area contributed by atoms with Gasteiger partial charge in [-0.25, -0.2) is 8.42 Å². The topological polar surface area (TPSA) is 63.7 Å². The molecule has 6 heteroatoms. The fourth-order valence-corrected chi connectivity index (χ4v) is 3.78. The van der Waals surface area contributed by atoms with E-state index in [1.165, 1.54) is 11.4 Å². The van der Waals surface area contributed by atoms with Crippen LogP contribution < -0.4 is 4.31 Å². The number of fused-ring (bicyclic) bond motifs is 1. The number of nitrogens with zero attached hydrogens (tertiary/aromatic N) is 1. The molecule has 104 valence electrons. The number of rotatable bonds is 5. The van der Waals surface area contributed by atoms with Crippen molar-refractivity contribution in [2.75, 3.05) is 23.7 Å². The van der Waals surface area contributed by atoms with Crippen molar-refractivity contribution in [2.24, 2.45) is 0 Å². The molecule has 0 N–H and O–H groups in total. The van der Waals surface area contributed by atoms with Gasteiger partial charge in [0.2, 0.25) is 10.0 Å². The quantitative estimate of drug-likeness (QED) is 0.765. The molecule has 0 spiro atoms. The SMILES string of the molecule is COC(=O)CCCS(=O)(=O)N1CCc2ccccc21. The molecule has 1 aliphatic rings. The van der Waals surface area contributed by atoms with Crippen LogP contribution in [0, 0.1) is 0 Å². The lowest BCUT2D eigenvalue weighted by molar-refractivity contribution is -0.140. The predicted molar refractivity (Wildman–Crippen MR) is 72.5 cm³/mol. The molecule has 0 aliphatic carbocycles. The molecule has 0 fully saturated rings. The molecule has 1 aromatic carbocycles. The molecule has 1 aromatic rings. The van der Waals surface area contributed by atoms with E-state index in [0.717, 1.165) is 17.7 Å². The summed E-state index contributed by atoms with van der Waals surface area (Å²) in [4.78, 5) is 11.0. The summed E-state index contributed by atoms with van der Waals surface area (Å²) in [5.74, 6) is -0.409. The fourth-order valence-electron chi connectivity index (χ4n) is 2.21. The Morgan fingerprint density at radius 1 is 1.37 bits per heavy atom. The van der Waals surface area contributed by atoms with Crippen molar-refractivity contribution < 1.29 is 17.9 Å². The van der Waals surface area contributed by atoms with E-state index < -0.39 is 10.0 Å². The van der Waals surface area contributed by atoms with E-state index in [0.29, 0.717) is 6.54 Å². The van der Waals surface area contributed by atoms with Crippen LogP contribution in [0.3, 0.4) is 0 Å². The van der Waals surface area contributed by atoms with E-state index in [1.807, 2.05) is 24.3 Å². The highest BCUT2D eigenvalue weighted by Gasteiger charge is 2.28. The normalized spacial score (nSPS) is 14.3. The number of benzene rings is 1. The third kappa shape index (κ3) is 3.07. The van der Waals surface area contributed by atoms with E-state index in [4.69, 9.17) is 0 Å². The van der Waals surface area contributed by atoms with Crippen molar-refractivity contribution in [1.29, 1.82) is 0 Å². The minimum atomic E-state index is -3.35. The van der Waals surface area contributed by atoms with Crippen LogP contribution in [0.1, 0.15) is 18.4 Å². The van der Waals surface area contributed by atoms with Gasteiger partial charge in [-0.2, -0.15) is 0 Å². The number of carbonyl (C=O) groups is 1. The number of ether oxygens (including phenoxy) is 1. The summed E-state index contributed by atoms with van der Waals surface area (Å²) in [6, 6.07) is 7.51. The highest BCUT2D eigenvalue weighted by atomic mass is 32.2. The van der Waals surface area contributed by atoms with E-state index in [-0.39, 0.29) is 24.6 Å². The maximum atomic E-state index is 12.2. The van der Waals surface area contributed by atoms with Gasteiger partial charge in [0, 0.05) is 13.0 Å². The van der Waals surface area contributed by atoms with E-state index >= 15 is 0 Å². The van der Waals surface area contributed by atoms with Crippen LogP contribution in [-0.4, -0.2) is 33.8 Å². The number of anilines is 1. The average molecular weight is 283 g/mol. The smallest absolute Gasteiger partial charge is 0.305 e. The van der Waals surface area contributed by atoms with Gasteiger partial charge in [-0.1, -0.05) is 18.2 Å². The summed E-state index contributed by atoms with van der Waals surface area (Å²) in [7, 11) is -2.05. The van der Waals surface area contributed by atoms with Crippen LogP contribution in [0.5, 0.6) is 0 Å². The Kier molecular flexibility index (Phi) is 4.09. The zero-order chi connectivity index (χ0) is 13.9. The van der Waals surface area contributed by atoms with Crippen LogP contribution in [0.15, 0.2) is 24.3 Å². The van der Waals surface area contributed by atoms with Gasteiger partial charge in [-0.15, -0.1) is 0 Å². The highest BCUT2D eigenvalue weighted by molar-refractivity contribution is 7.92. The van der Waals surface area contributed by atoms with E-state index in [1.54, 1.807) is 0 Å². The zero-order valence-corrected chi connectivity index (χ0v) is 11.6. The number of carbonyl (C=O) groups excluding carboxylic acids is 1. The largest absolute Gasteiger partial charge is 0.469 e. The van der Waals surface area contributed by atoms with Crippen molar-refractivity contribution in [2.45, 2.75) is 19.3 Å². The van der Waals surface area contributed by atoms with Gasteiger partial charge >= 0.3 is 5.97 Å². The second-order valence-electron chi connectivity index (χ2n) is 4.45. The van der Waals surface area contributed by atoms with Crippen LogP contribution >= 0.6 is 0 Å². The minimum Gasteiger partial charge on any atom is -0.469 e. The molecule has 0 saturated heterocycles. The monoisotopic (exact) mass is 283 g/mol. The molecular formula is C13H17NO4S. The molecule has 2 rings (SSSR count). The summed E-state index contributed by atoms with van der Waals surface area (Å²) in [5.41, 5.74) is 1.82. The first-order valence-corrected chi connectivity index (χ1v) is 7.80. The maximum Gasteiger partial charge on any atom is 0.305 e. The zero-order valence-electron chi connectivity index (χ0n) is 10.8. The van der Waals surface area contributed by atoms with Crippen molar-refractivity contribution >= 4 is 21.7 Å². The Morgan fingerprint density at radius 3 is 2.84 bits per heavy atom. The third-order valence-corrected chi connectivity index (χ3v) is 5.05. The molecule has 0 radical (unpaired) electrons. The Bertz CT molecular complexity index is 568. The van der Waals surface area contributed by atoms with Gasteiger partial charge in [0.15, 0.2) is 0 Å². The molecule has 0 saturated carbocycles. The highest BCUT2D eigenvalue weighted by Crippen LogP contribution is 2.30. The van der Waals surface area contributed by atoms with Gasteiger partial charge in [0.25, 0.3) is 0 Å². The first kappa shape index (κ1) is 13.9. The van der Waals surface area contributed by atoms with Gasteiger partial charge in [-0.3, -0.25) is 9.10 Å². The predicted octanol–water partition coefficient (Wildman–Crippen LogP) is 1.33. The standard InChI is InChI=1S/C13H17NO4S/c1-18-13(15)7-4-10-19(16,17)14-9-8-11-5-2-3-6-12(11)14/h2-3,5-6H,4,7-10H2,1H3. The molecule has 0 atom stereocenters. The van der Waals surface area contributed by atoms with Crippen LogP contribution in [0.2, 0.25) is 0 Å². The van der Waals surface area contributed by atoms with Crippen molar-refractivity contribution in [1.82, 2.24) is 0 Å². The summed E-state index contributed by atoms with van der Waals surface area (Å²) in [6.45, 7) is 0.486. The molecule has 0 amide bonds. The second-order valence-corrected chi connectivity index (χ2v) is 6.46. The van der Waals surface area contributed by atoms with E-state index in [9.17, 15) is 13.2 Å². The summed E-state index contributed by atoms with van der Waals surface area (Å²) >= 11 is 0. The molecule has 0 unspecified atom stereocenters. The second kappa shape index (κ2) is 5.61. The third-order valence-electron chi connectivity index (χ3n) is 3.19. The number of sulfonamides is 1. The Morgan fingerprint density at radius 2 is 2.11 bits per heavy atom. The van der Waals surface area contributed by atoms with Gasteiger partial charge < -0.3 is 4.74 Å². The number of hydrogen-bond donors (Lipinski definition) is 0. The van der Waals surface area contributed by atoms with Crippen molar-refractivity contribution in [3.8, 4) is 0 Å². The number of esters is 1. The summed E-state index contributed by atoms with van der Waals surface area (Å²) in [6.07, 6.45) is 1.16. The lowest BCUT2D eigenvalue weighted by atomic mass is 10.2. The molecule has 19 heavy (non-hydrogen) atoms. The maximum absolute atomic E-state index is 12.2. The van der Waals surface area contributed by atoms with Crippen LogP contribution in [-0.2, 0) is 26.0 Å². The van der Waals surface area contributed by atoms with E-state index in [2.05, 4.69) is 4.74 Å². The first-order chi connectivity index (χ1) is 9.04. The van der Waals surface area contributed by atoms with Crippen LogP contribution in [0.4, 0.5) is 5.69 Å². The van der Waals surface area contributed by atoms with Gasteiger partial charge in [0.05, 0.1) is 18.6 Å². The van der Waals surface area contributed by atoms with Crippen LogP contribution in [0.25, 0.3) is 0 Å². The molecule has 5 nitrogen and oxygen atoms in total. The lowest BCUT2D eigenvalue weighted by Crippen LogP contribution is -2.31. The molecule has 0 bridgehead atoms. The molecule has 1 aliphatic heterocycles. The number of methoxy groups -OCH3 is 1. The number of hydrogen-bond acceptors (Lipinski definition) is 4. The molecule has 1 heterocycles. The fraction of sp³-hybridized carbons (Fsp3) is 0.462. The molecular weight excluding hydrogens is 266 g/mol. The number of para-hydroxylation sites is 1. The van der Waals surface area contributed by atoms with Gasteiger partial charge in [0.1, 0.15) is 0 Å². The Balaban J connectivity index is 2.04. The summed E-state index contributed by atoms with van der Waals surface area (Å²) in [5, 5.41) is 0.